The molecule has 0 heterocycles. The van der Waals surface area contributed by atoms with E-state index in [4.69, 9.17) is 0 Å². The Hall–Kier alpha value is -0.580. The molecule has 0 saturated heterocycles. The van der Waals surface area contributed by atoms with Crippen LogP contribution in [0, 0.1) is 6.08 Å². The summed E-state index contributed by atoms with van der Waals surface area (Å²) >= 11 is 0. The minimum Gasteiger partial charge on any atom is -0.523 e. The second kappa shape index (κ2) is 6.01. The molecule has 0 aromatic heterocycles. The molecule has 14 heavy (non-hydrogen) atoms. The van der Waals surface area contributed by atoms with E-state index in [0.717, 1.165) is 0 Å². The Balaban J connectivity index is 0.00000169. The van der Waals surface area contributed by atoms with Crippen molar-refractivity contribution in [2.45, 2.75) is 6.42 Å². The third-order valence-electron chi connectivity index (χ3n) is 1.65. The number of allylic oxidation sites excluding steroid dienone is 2. The Morgan fingerprint density at radius 3 is 2.36 bits per heavy atom. The summed E-state index contributed by atoms with van der Waals surface area (Å²) in [5.74, 6) is -1.10. The van der Waals surface area contributed by atoms with Gasteiger partial charge in [0.1, 0.15) is 0 Å². The van der Waals surface area contributed by atoms with Crippen LogP contribution in [0.4, 0.5) is 0 Å². The van der Waals surface area contributed by atoms with Crippen molar-refractivity contribution in [3.63, 3.8) is 0 Å². The number of esters is 2. The molecule has 0 aromatic carbocycles. The molecule has 5 heteroatoms. The summed E-state index contributed by atoms with van der Waals surface area (Å²) in [5.41, 5.74) is 0.392. The maximum atomic E-state index is 11.1. The van der Waals surface area contributed by atoms with Gasteiger partial charge in [-0.1, -0.05) is 12.0 Å². The van der Waals surface area contributed by atoms with Gasteiger partial charge in [-0.05, 0) is 5.57 Å². The van der Waals surface area contributed by atoms with Crippen molar-refractivity contribution in [1.29, 1.82) is 0 Å². The molecule has 1 aliphatic rings. The molecule has 0 bridgehead atoms. The summed E-state index contributed by atoms with van der Waals surface area (Å²) in [5, 5.41) is 0. The van der Waals surface area contributed by atoms with E-state index in [1.165, 1.54) is 14.2 Å². The van der Waals surface area contributed by atoms with Crippen LogP contribution in [0.25, 0.3) is 0 Å². The van der Waals surface area contributed by atoms with Crippen LogP contribution < -0.4 is 29.6 Å². The number of carbonyl (C=O) groups is 2. The maximum Gasteiger partial charge on any atom is 1.00 e. The van der Waals surface area contributed by atoms with Crippen molar-refractivity contribution < 1.29 is 48.6 Å². The van der Waals surface area contributed by atoms with Crippen molar-refractivity contribution in [2.24, 2.45) is 0 Å². The molecule has 0 radical (unpaired) electrons. The van der Waals surface area contributed by atoms with Crippen LogP contribution in [0.3, 0.4) is 0 Å². The van der Waals surface area contributed by atoms with Gasteiger partial charge in [-0.3, -0.25) is 4.79 Å². The molecule has 0 unspecified atom stereocenters. The third kappa shape index (κ3) is 2.70. The van der Waals surface area contributed by atoms with Crippen molar-refractivity contribution >= 4 is 11.9 Å². The second-order valence-electron chi connectivity index (χ2n) is 2.36. The van der Waals surface area contributed by atoms with E-state index in [-0.39, 0.29) is 40.7 Å². The number of ether oxygens (including phenoxy) is 2. The monoisotopic (exact) mass is 204 g/mol. The smallest absolute Gasteiger partial charge is 0.523 e. The van der Waals surface area contributed by atoms with Crippen molar-refractivity contribution in [1.82, 2.24) is 0 Å². The van der Waals surface area contributed by atoms with Gasteiger partial charge < -0.3 is 14.3 Å². The molecule has 0 amide bonds. The van der Waals surface area contributed by atoms with E-state index in [1.54, 1.807) is 6.08 Å². The predicted octanol–water partition coefficient (Wildman–Crippen LogP) is -2.60. The Labute approximate surface area is 104 Å². The van der Waals surface area contributed by atoms with E-state index in [2.05, 4.69) is 15.5 Å². The van der Waals surface area contributed by atoms with Gasteiger partial charge in [0.15, 0.2) is 0 Å². The van der Waals surface area contributed by atoms with Gasteiger partial charge in [0.2, 0.25) is 5.97 Å². The van der Waals surface area contributed by atoms with E-state index in [0.29, 0.717) is 6.42 Å². The van der Waals surface area contributed by atoms with Gasteiger partial charge in [0.25, 0.3) is 5.97 Å². The van der Waals surface area contributed by atoms with Crippen LogP contribution in [0.5, 0.6) is 0 Å². The number of methoxy groups -OCH3 is 2. The summed E-state index contributed by atoms with van der Waals surface area (Å²) in [7, 11) is 2.51. The van der Waals surface area contributed by atoms with Crippen molar-refractivity contribution in [3.8, 4) is 0 Å². The molecular weight excluding hydrogens is 195 g/mol. The number of hydrogen-bond donors (Lipinski definition) is 0. The molecule has 0 saturated carbocycles. The van der Waals surface area contributed by atoms with E-state index in [1.807, 2.05) is 0 Å². The first-order valence-corrected chi connectivity index (χ1v) is 3.68. The van der Waals surface area contributed by atoms with Crippen LogP contribution in [0.1, 0.15) is 6.42 Å². The normalized spacial score (nSPS) is 13.6. The zero-order valence-corrected chi connectivity index (χ0v) is 10.4. The summed E-state index contributed by atoms with van der Waals surface area (Å²) in [6.45, 7) is 0. The fourth-order valence-corrected chi connectivity index (χ4v) is 1.03. The Kier molecular flexibility index (Phi) is 5.76. The first kappa shape index (κ1) is 13.4. The van der Waals surface area contributed by atoms with Gasteiger partial charge in [-0.2, -0.15) is 6.08 Å². The molecule has 1 aliphatic carbocycles. The fourth-order valence-electron chi connectivity index (χ4n) is 1.03. The molecule has 0 atom stereocenters. The topological polar surface area (TPSA) is 52.6 Å². The Morgan fingerprint density at radius 1 is 1.29 bits per heavy atom. The molecule has 0 aliphatic heterocycles. The SMILES string of the molecule is COC(=O)C1=[C-]CC=C1C(=O)OC.[Na+]. The van der Waals surface area contributed by atoms with Gasteiger partial charge in [-0.15, -0.1) is 6.08 Å². The van der Waals surface area contributed by atoms with Crippen LogP contribution in [0.15, 0.2) is 17.2 Å². The molecule has 0 spiro atoms. The van der Waals surface area contributed by atoms with Crippen LogP contribution in [-0.4, -0.2) is 26.2 Å². The maximum absolute atomic E-state index is 11.1. The number of rotatable bonds is 2. The zero-order chi connectivity index (χ0) is 9.84. The molecule has 4 nitrogen and oxygen atoms in total. The van der Waals surface area contributed by atoms with Gasteiger partial charge in [-0.25, -0.2) is 0 Å². The van der Waals surface area contributed by atoms with E-state index < -0.39 is 11.9 Å². The summed E-state index contributed by atoms with van der Waals surface area (Å²) in [4.78, 5) is 22.2. The largest absolute Gasteiger partial charge is 1.00 e. The van der Waals surface area contributed by atoms with E-state index in [9.17, 15) is 9.59 Å². The third-order valence-corrected chi connectivity index (χ3v) is 1.65. The fraction of sp³-hybridized carbons (Fsp3) is 0.333. The van der Waals surface area contributed by atoms with Crippen LogP contribution >= 0.6 is 0 Å². The first-order valence-electron chi connectivity index (χ1n) is 3.68. The van der Waals surface area contributed by atoms with Crippen molar-refractivity contribution in [3.05, 3.63) is 23.3 Å². The average Bonchev–Trinajstić information content (AvgIpc) is 2.63. The van der Waals surface area contributed by atoms with Crippen molar-refractivity contribution in [2.75, 3.05) is 14.2 Å². The van der Waals surface area contributed by atoms with Gasteiger partial charge in [0.05, 0.1) is 14.2 Å². The summed E-state index contributed by atoms with van der Waals surface area (Å²) in [6, 6.07) is 0. The molecule has 70 valence electrons. The van der Waals surface area contributed by atoms with Gasteiger partial charge >= 0.3 is 29.6 Å². The number of carbonyl (C=O) groups excluding carboxylic acids is 2. The zero-order valence-electron chi connectivity index (χ0n) is 8.42. The average molecular weight is 204 g/mol. The minimum absolute atomic E-state index is 0. The summed E-state index contributed by atoms with van der Waals surface area (Å²) in [6.07, 6.45) is 4.74. The standard InChI is InChI=1S/C9H9O4.Na/c1-12-8(10)6-4-3-5-7(6)9(11)13-2;/h4H,3H2,1-2H3;/q-1;+1. The molecule has 1 rings (SSSR count). The van der Waals surface area contributed by atoms with Gasteiger partial charge in [0, 0.05) is 0 Å². The quantitative estimate of drug-likeness (QED) is 0.281. The Morgan fingerprint density at radius 2 is 1.86 bits per heavy atom. The van der Waals surface area contributed by atoms with E-state index >= 15 is 0 Å². The Bertz CT molecular complexity index is 274. The van der Waals surface area contributed by atoms with Crippen LogP contribution in [0.2, 0.25) is 0 Å². The first-order chi connectivity index (χ1) is 6.20. The van der Waals surface area contributed by atoms with Crippen LogP contribution in [-0.2, 0) is 19.1 Å². The molecule has 0 fully saturated rings. The minimum atomic E-state index is -0.561. The summed E-state index contributed by atoms with van der Waals surface area (Å²) < 4.78 is 8.96. The molecule has 0 aromatic rings. The second-order valence-corrected chi connectivity index (χ2v) is 2.36. The predicted molar refractivity (Wildman–Crippen MR) is 43.5 cm³/mol. The number of hydrogen-bond acceptors (Lipinski definition) is 4. The molecule has 0 N–H and O–H groups in total. The molecular formula is C9H9NaO4.